The predicted molar refractivity (Wildman–Crippen MR) is 45.9 cm³/mol. The Morgan fingerprint density at radius 3 is 2.80 bits per heavy atom. The number of ether oxygens (including phenoxy) is 1. The lowest BCUT2D eigenvalue weighted by atomic mass is 10.5. The average molecular weight is 220 g/mol. The summed E-state index contributed by atoms with van der Waals surface area (Å²) in [6, 6.07) is 3.74. The zero-order valence-electron chi connectivity index (χ0n) is 5.35. The van der Waals surface area contributed by atoms with E-state index in [1.54, 1.807) is 0 Å². The summed E-state index contributed by atoms with van der Waals surface area (Å²) in [6.07, 6.45) is 0. The van der Waals surface area contributed by atoms with Crippen molar-refractivity contribution in [3.63, 3.8) is 0 Å². The highest BCUT2D eigenvalue weighted by Gasteiger charge is 2.02. The van der Waals surface area contributed by atoms with E-state index in [2.05, 4.69) is 15.9 Å². The van der Waals surface area contributed by atoms with Gasteiger partial charge in [0.2, 0.25) is 5.90 Å². The van der Waals surface area contributed by atoms with E-state index in [1.807, 2.05) is 12.1 Å². The molecule has 54 valence electrons. The van der Waals surface area contributed by atoms with Crippen molar-refractivity contribution >= 4 is 33.2 Å². The van der Waals surface area contributed by atoms with E-state index in [9.17, 15) is 0 Å². The van der Waals surface area contributed by atoms with Crippen molar-refractivity contribution in [3.8, 4) is 0 Å². The summed E-state index contributed by atoms with van der Waals surface area (Å²) in [5.41, 5.74) is 0. The van der Waals surface area contributed by atoms with Crippen molar-refractivity contribution in [3.05, 3.63) is 20.8 Å². The Balaban J connectivity index is 2.85. The molecule has 0 fully saturated rings. The molecule has 0 spiro atoms. The van der Waals surface area contributed by atoms with Crippen molar-refractivity contribution in [1.82, 2.24) is 0 Å². The second-order valence-corrected chi connectivity index (χ2v) is 4.10. The topological polar surface area (TPSA) is 33.1 Å². The number of thiophene rings is 1. The van der Waals surface area contributed by atoms with Crippen LogP contribution in [0.4, 0.5) is 0 Å². The summed E-state index contributed by atoms with van der Waals surface area (Å²) in [4.78, 5) is 0.842. The molecule has 1 heterocycles. The van der Waals surface area contributed by atoms with Crippen molar-refractivity contribution in [1.29, 1.82) is 5.41 Å². The normalized spacial score (nSPS) is 9.40. The molecule has 0 aliphatic carbocycles. The maximum absolute atomic E-state index is 7.26. The Bertz CT molecular complexity index is 246. The smallest absolute Gasteiger partial charge is 0.223 e. The van der Waals surface area contributed by atoms with Gasteiger partial charge >= 0.3 is 0 Å². The van der Waals surface area contributed by atoms with Crippen LogP contribution in [0.1, 0.15) is 4.88 Å². The van der Waals surface area contributed by atoms with Crippen LogP contribution in [0.25, 0.3) is 0 Å². The molecule has 0 atom stereocenters. The minimum Gasteiger partial charge on any atom is -0.480 e. The first-order valence-corrected chi connectivity index (χ1v) is 4.23. The van der Waals surface area contributed by atoms with Gasteiger partial charge in [0.15, 0.2) is 0 Å². The molecule has 0 saturated heterocycles. The first-order valence-electron chi connectivity index (χ1n) is 2.62. The fraction of sp³-hybridized carbons (Fsp3) is 0.167. The first-order chi connectivity index (χ1) is 4.74. The van der Waals surface area contributed by atoms with Crippen LogP contribution < -0.4 is 0 Å². The van der Waals surface area contributed by atoms with Crippen LogP contribution in [0, 0.1) is 5.41 Å². The zero-order chi connectivity index (χ0) is 7.56. The number of hydrogen-bond acceptors (Lipinski definition) is 3. The molecule has 0 radical (unpaired) electrons. The van der Waals surface area contributed by atoms with Gasteiger partial charge in [-0.15, -0.1) is 11.3 Å². The van der Waals surface area contributed by atoms with Crippen LogP contribution >= 0.6 is 27.3 Å². The quantitative estimate of drug-likeness (QED) is 0.572. The second-order valence-electron chi connectivity index (χ2n) is 1.64. The van der Waals surface area contributed by atoms with Gasteiger partial charge in [-0.05, 0) is 28.1 Å². The third-order valence-corrected chi connectivity index (χ3v) is 2.62. The van der Waals surface area contributed by atoms with Gasteiger partial charge in [-0.2, -0.15) is 0 Å². The lowest BCUT2D eigenvalue weighted by molar-refractivity contribution is 0.402. The van der Waals surface area contributed by atoms with Gasteiger partial charge in [-0.3, -0.25) is 5.41 Å². The highest BCUT2D eigenvalue weighted by Crippen LogP contribution is 2.22. The zero-order valence-corrected chi connectivity index (χ0v) is 7.75. The van der Waals surface area contributed by atoms with E-state index < -0.39 is 0 Å². The molecule has 1 aromatic rings. The number of rotatable bonds is 1. The lowest BCUT2D eigenvalue weighted by Gasteiger charge is -1.94. The molecule has 1 aromatic heterocycles. The molecule has 4 heteroatoms. The van der Waals surface area contributed by atoms with Gasteiger partial charge in [0.25, 0.3) is 0 Å². The maximum atomic E-state index is 7.26. The number of nitrogens with one attached hydrogen (secondary N) is 1. The van der Waals surface area contributed by atoms with Crippen LogP contribution in [0.3, 0.4) is 0 Å². The maximum Gasteiger partial charge on any atom is 0.223 e. The molecule has 0 aliphatic rings. The molecule has 0 amide bonds. The van der Waals surface area contributed by atoms with E-state index in [0.717, 1.165) is 8.66 Å². The van der Waals surface area contributed by atoms with Gasteiger partial charge in [-0.25, -0.2) is 0 Å². The Morgan fingerprint density at radius 1 is 1.70 bits per heavy atom. The van der Waals surface area contributed by atoms with Gasteiger partial charge < -0.3 is 4.74 Å². The summed E-state index contributed by atoms with van der Waals surface area (Å²) in [5.74, 6) is 0.218. The highest BCUT2D eigenvalue weighted by molar-refractivity contribution is 9.11. The molecule has 0 aliphatic heterocycles. The predicted octanol–water partition coefficient (Wildman–Crippen LogP) is 2.48. The largest absolute Gasteiger partial charge is 0.480 e. The van der Waals surface area contributed by atoms with Crippen LogP contribution in [0.2, 0.25) is 0 Å². The van der Waals surface area contributed by atoms with E-state index in [-0.39, 0.29) is 5.90 Å². The van der Waals surface area contributed by atoms with E-state index in [4.69, 9.17) is 10.1 Å². The van der Waals surface area contributed by atoms with Crippen molar-refractivity contribution in [2.75, 3.05) is 7.11 Å². The molecular formula is C6H6BrNOS. The van der Waals surface area contributed by atoms with Crippen LogP contribution in [-0.2, 0) is 4.74 Å². The van der Waals surface area contributed by atoms with Crippen molar-refractivity contribution in [2.24, 2.45) is 0 Å². The highest BCUT2D eigenvalue weighted by atomic mass is 79.9. The minimum atomic E-state index is 0.218. The summed E-state index contributed by atoms with van der Waals surface area (Å²) < 4.78 is 5.74. The molecule has 1 N–H and O–H groups in total. The molecule has 0 unspecified atom stereocenters. The monoisotopic (exact) mass is 219 g/mol. The summed E-state index contributed by atoms with van der Waals surface area (Å²) >= 11 is 4.78. The Hall–Kier alpha value is -0.350. The third-order valence-electron chi connectivity index (χ3n) is 1.00. The fourth-order valence-corrected chi connectivity index (χ4v) is 1.85. The second kappa shape index (κ2) is 3.16. The van der Waals surface area contributed by atoms with E-state index >= 15 is 0 Å². The number of halogens is 1. The first kappa shape index (κ1) is 7.75. The molecule has 10 heavy (non-hydrogen) atoms. The fourth-order valence-electron chi connectivity index (χ4n) is 0.537. The van der Waals surface area contributed by atoms with Gasteiger partial charge in [-0.1, -0.05) is 0 Å². The van der Waals surface area contributed by atoms with Crippen LogP contribution in [-0.4, -0.2) is 13.0 Å². The molecule has 2 nitrogen and oxygen atoms in total. The molecular weight excluding hydrogens is 214 g/mol. The van der Waals surface area contributed by atoms with Crippen LogP contribution in [0.5, 0.6) is 0 Å². The molecule has 0 saturated carbocycles. The summed E-state index contributed by atoms with van der Waals surface area (Å²) in [7, 11) is 1.50. The van der Waals surface area contributed by atoms with Crippen molar-refractivity contribution in [2.45, 2.75) is 0 Å². The Kier molecular flexibility index (Phi) is 2.45. The molecule has 0 bridgehead atoms. The van der Waals surface area contributed by atoms with Gasteiger partial charge in [0.1, 0.15) is 0 Å². The summed E-state index contributed by atoms with van der Waals surface area (Å²) in [6.45, 7) is 0. The van der Waals surface area contributed by atoms with Gasteiger partial charge in [0, 0.05) is 0 Å². The minimum absolute atomic E-state index is 0.218. The Morgan fingerprint density at radius 2 is 2.40 bits per heavy atom. The Labute approximate surface area is 71.5 Å². The standard InChI is InChI=1S/C6H6BrNOS/c1-9-6(8)4-2-3-5(7)10-4/h2-3,8H,1H3. The third kappa shape index (κ3) is 1.58. The molecule has 0 aromatic carbocycles. The summed E-state index contributed by atoms with van der Waals surface area (Å²) in [5, 5.41) is 7.26. The van der Waals surface area contributed by atoms with E-state index in [0.29, 0.717) is 0 Å². The van der Waals surface area contributed by atoms with E-state index in [1.165, 1.54) is 18.4 Å². The lowest BCUT2D eigenvalue weighted by Crippen LogP contribution is -1.96. The average Bonchev–Trinajstić information content (AvgIpc) is 2.34. The number of hydrogen-bond donors (Lipinski definition) is 1. The number of methoxy groups -OCH3 is 1. The molecule has 1 rings (SSSR count). The SMILES string of the molecule is COC(=N)c1ccc(Br)s1. The van der Waals surface area contributed by atoms with Crippen molar-refractivity contribution < 1.29 is 4.74 Å². The van der Waals surface area contributed by atoms with Crippen LogP contribution in [0.15, 0.2) is 15.9 Å². The van der Waals surface area contributed by atoms with Gasteiger partial charge in [0.05, 0.1) is 15.8 Å².